The van der Waals surface area contributed by atoms with Gasteiger partial charge in [-0.1, -0.05) is 18.2 Å². The van der Waals surface area contributed by atoms with E-state index in [-0.39, 0.29) is 49.3 Å². The molecule has 2 aromatic heterocycles. The summed E-state index contributed by atoms with van der Waals surface area (Å²) < 4.78 is 90.0. The molecule has 2 N–H and O–H groups in total. The number of fused-ring (bicyclic) bond motifs is 1. The largest absolute Gasteiger partial charge is 0.380 e. The van der Waals surface area contributed by atoms with E-state index in [1.807, 2.05) is 23.9 Å². The number of nitrogens with zero attached hydrogens (tertiary/aromatic N) is 10. The Hall–Kier alpha value is -6.11. The molecular weight excluding hydrogens is 912 g/mol. The van der Waals surface area contributed by atoms with Crippen molar-refractivity contribution in [2.24, 2.45) is 0 Å². The average molecular weight is 969 g/mol. The molecule has 0 radical (unpaired) electrons. The van der Waals surface area contributed by atoms with Crippen LogP contribution in [-0.4, -0.2) is 177 Å². The van der Waals surface area contributed by atoms with Gasteiger partial charge in [-0.25, -0.2) is 32.4 Å². The predicted octanol–water partition coefficient (Wildman–Crippen LogP) is 4.75. The molecule has 0 aliphatic carbocycles. The Morgan fingerprint density at radius 1 is 0.739 bits per heavy atom. The Balaban J connectivity index is 0.761. The molecule has 5 aromatic rings. The topological polar surface area (TPSA) is 168 Å². The first-order chi connectivity index (χ1) is 33.4. The minimum absolute atomic E-state index is 0.0135. The lowest BCUT2D eigenvalue weighted by molar-refractivity contribution is -0.132. The first kappa shape index (κ1) is 50.8. The summed E-state index contributed by atoms with van der Waals surface area (Å²) in [5.41, 5.74) is 2.75. The van der Waals surface area contributed by atoms with Crippen LogP contribution in [0.1, 0.15) is 34.6 Å². The van der Waals surface area contributed by atoms with E-state index >= 15 is 0 Å². The molecule has 2 amide bonds. The van der Waals surface area contributed by atoms with Gasteiger partial charge in [-0.2, -0.15) is 15.0 Å². The fraction of sp³-hybridized carbons (Fsp3) is 0.478. The van der Waals surface area contributed by atoms with Crippen LogP contribution in [0.3, 0.4) is 0 Å². The fourth-order valence-electron chi connectivity index (χ4n) is 7.56. The highest BCUT2D eigenvalue weighted by molar-refractivity contribution is 6.00. The second-order valence-electron chi connectivity index (χ2n) is 16.6. The van der Waals surface area contributed by atoms with Gasteiger partial charge >= 0.3 is 0 Å². The van der Waals surface area contributed by atoms with Crippen molar-refractivity contribution in [1.82, 2.24) is 44.7 Å². The number of benzene rings is 3. The molecule has 0 saturated carbocycles. The van der Waals surface area contributed by atoms with Gasteiger partial charge in [-0.15, -0.1) is 0 Å². The molecule has 18 nitrogen and oxygen atoms in total. The summed E-state index contributed by atoms with van der Waals surface area (Å²) in [4.78, 5) is 59.2. The van der Waals surface area contributed by atoms with Gasteiger partial charge < -0.3 is 44.0 Å². The Morgan fingerprint density at radius 3 is 2.07 bits per heavy atom. The SMILES string of the molecule is Cc1ccc(Nc2c(C(=O)NOCCOCCN(C)CCN(C)CCOCCC(=O)N3CCN(c4nc(N5CCOCC5)nc(-n5c(C(F)F)nc6ccccc65)n4)CC3)ccc(F)c2F)c(F)c1. The highest BCUT2D eigenvalue weighted by Crippen LogP contribution is 2.30. The van der Waals surface area contributed by atoms with E-state index in [4.69, 9.17) is 24.0 Å². The Kier molecular flexibility index (Phi) is 18.0. The maximum absolute atomic E-state index is 14.7. The summed E-state index contributed by atoms with van der Waals surface area (Å²) in [6.07, 6.45) is -2.63. The number of ether oxygens (including phenoxy) is 3. The number of carbonyl (C=O) groups excluding carboxylic acids is 2. The monoisotopic (exact) mass is 968 g/mol. The number of rotatable bonds is 23. The molecular formula is C46H57F5N12O6. The molecule has 0 spiro atoms. The second kappa shape index (κ2) is 24.4. The van der Waals surface area contributed by atoms with Gasteiger partial charge in [-0.3, -0.25) is 19.0 Å². The number of hydrogen-bond acceptors (Lipinski definition) is 15. The molecule has 2 fully saturated rings. The van der Waals surface area contributed by atoms with Crippen molar-refractivity contribution in [3.63, 3.8) is 0 Å². The molecule has 69 heavy (non-hydrogen) atoms. The Labute approximate surface area is 396 Å². The third-order valence-corrected chi connectivity index (χ3v) is 11.6. The molecule has 0 bridgehead atoms. The van der Waals surface area contributed by atoms with E-state index in [0.717, 1.165) is 25.2 Å². The number of aromatic nitrogens is 5. The smallest absolute Gasteiger partial charge is 0.296 e. The number of anilines is 4. The van der Waals surface area contributed by atoms with Crippen molar-refractivity contribution in [3.05, 3.63) is 89.0 Å². The first-order valence-electron chi connectivity index (χ1n) is 22.7. The normalized spacial score (nSPS) is 14.4. The summed E-state index contributed by atoms with van der Waals surface area (Å²) in [5, 5.41) is 2.48. The first-order valence-corrected chi connectivity index (χ1v) is 22.7. The van der Waals surface area contributed by atoms with Crippen molar-refractivity contribution >= 4 is 46.1 Å². The van der Waals surface area contributed by atoms with E-state index in [2.05, 4.69) is 35.5 Å². The van der Waals surface area contributed by atoms with Crippen LogP contribution in [0.15, 0.2) is 54.6 Å². The molecule has 2 aliphatic heterocycles. The maximum atomic E-state index is 14.7. The van der Waals surface area contributed by atoms with Gasteiger partial charge in [0.05, 0.1) is 80.6 Å². The third kappa shape index (κ3) is 13.6. The number of hydroxylamine groups is 1. The van der Waals surface area contributed by atoms with E-state index in [9.17, 15) is 31.5 Å². The number of hydrogen-bond donors (Lipinski definition) is 2. The number of aryl methyl sites for hydroxylation is 1. The lowest BCUT2D eigenvalue weighted by Crippen LogP contribution is -2.49. The molecule has 0 atom stereocenters. The standard InChI is InChI=1S/C46H57F5N12O6/c1-31-8-11-35(34(48)30-31)52-40-32(9-10-33(47)39(40)49)43(65)57-69-29-28-68-25-20-59(3)14-13-58(2)19-24-66-23-12-38(64)60-15-17-61(18-16-60)44-54-45(62-21-26-67-27-22-62)56-46(55-44)63-37-7-5-4-6-36(37)53-42(63)41(50)51/h4-11,30,41,52H,12-29H2,1-3H3,(H,57,65). The second-order valence-corrected chi connectivity index (χ2v) is 16.6. The maximum Gasteiger partial charge on any atom is 0.296 e. The Morgan fingerprint density at radius 2 is 1.39 bits per heavy atom. The van der Waals surface area contributed by atoms with Crippen LogP contribution in [0.4, 0.5) is 45.2 Å². The molecule has 0 unspecified atom stereocenters. The minimum atomic E-state index is -2.86. The van der Waals surface area contributed by atoms with Crippen LogP contribution in [0, 0.1) is 24.4 Å². The lowest BCUT2D eigenvalue weighted by Gasteiger charge is -2.35. The molecule has 4 heterocycles. The van der Waals surface area contributed by atoms with Gasteiger partial charge in [0.2, 0.25) is 23.8 Å². The van der Waals surface area contributed by atoms with Crippen LogP contribution < -0.4 is 20.6 Å². The van der Waals surface area contributed by atoms with E-state index in [1.165, 1.54) is 16.7 Å². The van der Waals surface area contributed by atoms with Gasteiger partial charge in [0.1, 0.15) is 5.82 Å². The van der Waals surface area contributed by atoms with Crippen LogP contribution in [0.2, 0.25) is 0 Å². The molecule has 2 aliphatic rings. The lowest BCUT2D eigenvalue weighted by atomic mass is 10.1. The predicted molar refractivity (Wildman–Crippen MR) is 247 cm³/mol. The molecule has 23 heteroatoms. The summed E-state index contributed by atoms with van der Waals surface area (Å²) >= 11 is 0. The number of imidazole rings is 1. The van der Waals surface area contributed by atoms with Gasteiger partial charge in [0.15, 0.2) is 17.5 Å². The summed E-state index contributed by atoms with van der Waals surface area (Å²) in [7, 11) is 3.95. The van der Waals surface area contributed by atoms with Gasteiger partial charge in [-0.05, 0) is 63.0 Å². The van der Waals surface area contributed by atoms with E-state index < -0.39 is 41.3 Å². The van der Waals surface area contributed by atoms with Crippen molar-refractivity contribution in [1.29, 1.82) is 0 Å². The van der Waals surface area contributed by atoms with Crippen molar-refractivity contribution < 1.29 is 50.6 Å². The number of amides is 2. The molecule has 7 rings (SSSR count). The molecule has 3 aromatic carbocycles. The van der Waals surface area contributed by atoms with Crippen molar-refractivity contribution in [2.45, 2.75) is 19.8 Å². The zero-order chi connectivity index (χ0) is 48.9. The van der Waals surface area contributed by atoms with Crippen LogP contribution in [-0.2, 0) is 23.8 Å². The van der Waals surface area contributed by atoms with Gasteiger partial charge in [0.25, 0.3) is 12.3 Å². The average Bonchev–Trinajstić information content (AvgIpc) is 3.75. The van der Waals surface area contributed by atoms with E-state index in [1.54, 1.807) is 42.2 Å². The van der Waals surface area contributed by atoms with E-state index in [0.29, 0.717) is 107 Å². The molecule has 2 saturated heterocycles. The van der Waals surface area contributed by atoms with Crippen LogP contribution in [0.25, 0.3) is 17.0 Å². The fourth-order valence-corrected chi connectivity index (χ4v) is 7.56. The zero-order valence-electron chi connectivity index (χ0n) is 38.8. The Bertz CT molecular complexity index is 2510. The number of carbonyl (C=O) groups is 2. The number of piperazine rings is 1. The molecule has 372 valence electrons. The number of nitrogens with one attached hydrogen (secondary N) is 2. The minimum Gasteiger partial charge on any atom is -0.380 e. The van der Waals surface area contributed by atoms with Crippen molar-refractivity contribution in [3.8, 4) is 5.95 Å². The number of likely N-dealkylation sites (N-methyl/N-ethyl adjacent to an activating group) is 2. The third-order valence-electron chi connectivity index (χ3n) is 11.6. The summed E-state index contributed by atoms with van der Waals surface area (Å²) in [6.45, 7) is 9.53. The number of morpholine rings is 1. The number of alkyl halides is 2. The summed E-state index contributed by atoms with van der Waals surface area (Å²) in [5.74, 6) is -3.84. The zero-order valence-corrected chi connectivity index (χ0v) is 38.8. The number of para-hydroxylation sites is 2. The van der Waals surface area contributed by atoms with Crippen LogP contribution >= 0.6 is 0 Å². The van der Waals surface area contributed by atoms with Gasteiger partial charge in [0, 0.05) is 65.4 Å². The van der Waals surface area contributed by atoms with Crippen LogP contribution in [0.5, 0.6) is 0 Å². The highest BCUT2D eigenvalue weighted by Gasteiger charge is 2.28. The highest BCUT2D eigenvalue weighted by atomic mass is 19.3. The summed E-state index contributed by atoms with van der Waals surface area (Å²) in [6, 6.07) is 12.9. The quantitative estimate of drug-likeness (QED) is 0.0523. The van der Waals surface area contributed by atoms with Crippen molar-refractivity contribution in [2.75, 3.05) is 141 Å². The number of halogens is 5.